The molecule has 34 heavy (non-hydrogen) atoms. The quantitative estimate of drug-likeness (QED) is 0.557. The molecular formula is C28H33ClN4O. The van der Waals surface area contributed by atoms with Crippen LogP contribution in [0.25, 0.3) is 16.6 Å². The van der Waals surface area contributed by atoms with E-state index in [-0.39, 0.29) is 11.0 Å². The molecule has 0 radical (unpaired) electrons. The van der Waals surface area contributed by atoms with Crippen molar-refractivity contribution in [1.82, 2.24) is 14.5 Å². The number of aromatic nitrogens is 2. The average molecular weight is 477 g/mol. The molecule has 2 N–H and O–H groups in total. The Labute approximate surface area is 205 Å². The van der Waals surface area contributed by atoms with Gasteiger partial charge < -0.3 is 10.6 Å². The van der Waals surface area contributed by atoms with E-state index in [4.69, 9.17) is 17.3 Å². The second-order valence-corrected chi connectivity index (χ2v) is 11.4. The van der Waals surface area contributed by atoms with E-state index in [1.54, 1.807) is 6.07 Å². The summed E-state index contributed by atoms with van der Waals surface area (Å²) in [6.07, 6.45) is 7.23. The van der Waals surface area contributed by atoms with E-state index in [9.17, 15) is 4.79 Å². The van der Waals surface area contributed by atoms with E-state index in [2.05, 4.69) is 46.5 Å². The first kappa shape index (κ1) is 22.3. The largest absolute Gasteiger partial charge is 0.328 e. The molecule has 1 saturated heterocycles. The Hall–Kier alpha value is -2.21. The van der Waals surface area contributed by atoms with Crippen molar-refractivity contribution in [1.29, 1.82) is 0 Å². The molecule has 3 aromatic rings. The molecule has 0 spiro atoms. The van der Waals surface area contributed by atoms with Crippen molar-refractivity contribution in [2.75, 3.05) is 13.1 Å². The molecule has 178 valence electrons. The SMILES string of the molecule is CC1(C)c2cc(C3CCN(C4CCC(N)CC4)CC3)ccc2-n2c1nc(=O)c1c(Cl)cccc12. The molecule has 0 unspecified atom stereocenters. The van der Waals surface area contributed by atoms with Crippen molar-refractivity contribution in [3.05, 3.63) is 68.7 Å². The minimum Gasteiger partial charge on any atom is -0.328 e. The summed E-state index contributed by atoms with van der Waals surface area (Å²) in [6, 6.07) is 13.7. The fourth-order valence-corrected chi connectivity index (χ4v) is 6.83. The first-order chi connectivity index (χ1) is 16.3. The maximum absolute atomic E-state index is 12.9. The Morgan fingerprint density at radius 1 is 1.03 bits per heavy atom. The van der Waals surface area contributed by atoms with Gasteiger partial charge in [-0.3, -0.25) is 9.36 Å². The number of benzene rings is 2. The second-order valence-electron chi connectivity index (χ2n) is 11.0. The third-order valence-electron chi connectivity index (χ3n) is 8.62. The predicted octanol–water partition coefficient (Wildman–Crippen LogP) is 5.13. The summed E-state index contributed by atoms with van der Waals surface area (Å²) in [5, 5.41) is 0.955. The van der Waals surface area contributed by atoms with E-state index in [0.717, 1.165) is 23.1 Å². The summed E-state index contributed by atoms with van der Waals surface area (Å²) in [5.74, 6) is 1.37. The summed E-state index contributed by atoms with van der Waals surface area (Å²) in [4.78, 5) is 20.1. The molecule has 2 aromatic carbocycles. The highest BCUT2D eigenvalue weighted by Crippen LogP contribution is 2.45. The third kappa shape index (κ3) is 3.43. The molecule has 1 aliphatic carbocycles. The highest BCUT2D eigenvalue weighted by molar-refractivity contribution is 6.35. The Bertz CT molecular complexity index is 1310. The lowest BCUT2D eigenvalue weighted by molar-refractivity contribution is 0.117. The number of hydrogen-bond acceptors (Lipinski definition) is 4. The van der Waals surface area contributed by atoms with Gasteiger partial charge in [0.2, 0.25) is 0 Å². The van der Waals surface area contributed by atoms with E-state index in [1.807, 2.05) is 12.1 Å². The van der Waals surface area contributed by atoms with Gasteiger partial charge in [-0.15, -0.1) is 0 Å². The van der Waals surface area contributed by atoms with Crippen LogP contribution in [0.2, 0.25) is 5.02 Å². The van der Waals surface area contributed by atoms with Crippen LogP contribution in [-0.4, -0.2) is 39.6 Å². The van der Waals surface area contributed by atoms with Crippen LogP contribution in [0.5, 0.6) is 0 Å². The average Bonchev–Trinajstić information content (AvgIpc) is 3.06. The van der Waals surface area contributed by atoms with Crippen molar-refractivity contribution in [3.8, 4) is 5.69 Å². The monoisotopic (exact) mass is 476 g/mol. The molecule has 2 aliphatic heterocycles. The standard InChI is InChI=1S/C28H33ClN4O/c1-28(2)21-16-18(17-12-14-32(15-13-17)20-9-7-19(30)8-10-20)6-11-23(21)33-24-5-3-4-22(29)25(24)26(34)31-27(28)33/h3-6,11,16-17,19-20H,7-10,12-15,30H2,1-2H3. The number of piperidine rings is 1. The molecule has 0 amide bonds. The summed E-state index contributed by atoms with van der Waals surface area (Å²) in [5.41, 5.74) is 10.1. The first-order valence-corrected chi connectivity index (χ1v) is 13.1. The van der Waals surface area contributed by atoms with Gasteiger partial charge in [-0.1, -0.05) is 29.8 Å². The van der Waals surface area contributed by atoms with E-state index < -0.39 is 0 Å². The van der Waals surface area contributed by atoms with Gasteiger partial charge in [0.15, 0.2) is 0 Å². The fraction of sp³-hybridized carbons (Fsp3) is 0.500. The molecule has 3 aliphatic rings. The van der Waals surface area contributed by atoms with Crippen LogP contribution in [0.4, 0.5) is 0 Å². The third-order valence-corrected chi connectivity index (χ3v) is 8.93. The normalized spacial score (nSPS) is 24.8. The van der Waals surface area contributed by atoms with Crippen LogP contribution in [-0.2, 0) is 5.41 Å². The molecule has 5 nitrogen and oxygen atoms in total. The number of hydrogen-bond donors (Lipinski definition) is 1. The minimum absolute atomic E-state index is 0.246. The van der Waals surface area contributed by atoms with Gasteiger partial charge in [-0.05, 0) is 101 Å². The summed E-state index contributed by atoms with van der Waals surface area (Å²) in [7, 11) is 0. The zero-order valence-electron chi connectivity index (χ0n) is 20.1. The van der Waals surface area contributed by atoms with Crippen LogP contribution < -0.4 is 11.3 Å². The first-order valence-electron chi connectivity index (χ1n) is 12.7. The molecule has 6 rings (SSSR count). The maximum atomic E-state index is 12.9. The Morgan fingerprint density at radius 2 is 1.76 bits per heavy atom. The molecule has 1 saturated carbocycles. The number of nitrogens with zero attached hydrogens (tertiary/aromatic N) is 3. The van der Waals surface area contributed by atoms with E-state index >= 15 is 0 Å². The predicted molar refractivity (Wildman–Crippen MR) is 138 cm³/mol. The van der Waals surface area contributed by atoms with Crippen LogP contribution in [0.15, 0.2) is 41.2 Å². The van der Waals surface area contributed by atoms with Crippen LogP contribution in [0.3, 0.4) is 0 Å². The van der Waals surface area contributed by atoms with Crippen molar-refractivity contribution >= 4 is 22.5 Å². The van der Waals surface area contributed by atoms with Gasteiger partial charge in [0.1, 0.15) is 5.82 Å². The number of fused-ring (bicyclic) bond motifs is 5. The molecule has 1 aromatic heterocycles. The van der Waals surface area contributed by atoms with Crippen molar-refractivity contribution < 1.29 is 0 Å². The minimum atomic E-state index is -0.345. The lowest BCUT2D eigenvalue weighted by Crippen LogP contribution is -2.44. The van der Waals surface area contributed by atoms with E-state index in [0.29, 0.717) is 22.4 Å². The zero-order valence-corrected chi connectivity index (χ0v) is 20.8. The Balaban J connectivity index is 1.31. The number of nitrogens with two attached hydrogens (primary N) is 1. The van der Waals surface area contributed by atoms with Gasteiger partial charge in [-0.2, -0.15) is 4.98 Å². The van der Waals surface area contributed by atoms with Crippen molar-refractivity contribution in [2.45, 2.75) is 75.8 Å². The molecule has 3 heterocycles. The Morgan fingerprint density at radius 3 is 2.50 bits per heavy atom. The summed E-state index contributed by atoms with van der Waals surface area (Å²) < 4.78 is 2.14. The van der Waals surface area contributed by atoms with Crippen LogP contribution in [0, 0.1) is 0 Å². The topological polar surface area (TPSA) is 64.2 Å². The smallest absolute Gasteiger partial charge is 0.282 e. The zero-order chi connectivity index (χ0) is 23.6. The number of likely N-dealkylation sites (tertiary alicyclic amines) is 1. The second kappa shape index (κ2) is 8.18. The maximum Gasteiger partial charge on any atom is 0.282 e. The van der Waals surface area contributed by atoms with Crippen LogP contribution >= 0.6 is 11.6 Å². The highest BCUT2D eigenvalue weighted by atomic mass is 35.5. The molecule has 2 fully saturated rings. The summed E-state index contributed by atoms with van der Waals surface area (Å²) >= 11 is 6.40. The number of halogens is 1. The van der Waals surface area contributed by atoms with Crippen LogP contribution in [0.1, 0.15) is 75.2 Å². The summed E-state index contributed by atoms with van der Waals surface area (Å²) in [6.45, 7) is 6.69. The van der Waals surface area contributed by atoms with Crippen molar-refractivity contribution in [2.24, 2.45) is 5.73 Å². The van der Waals surface area contributed by atoms with Gasteiger partial charge >= 0.3 is 0 Å². The molecule has 6 heteroatoms. The van der Waals surface area contributed by atoms with E-state index in [1.165, 1.54) is 62.7 Å². The van der Waals surface area contributed by atoms with Gasteiger partial charge in [-0.25, -0.2) is 0 Å². The highest BCUT2D eigenvalue weighted by Gasteiger charge is 2.39. The lowest BCUT2D eigenvalue weighted by Gasteiger charge is -2.40. The van der Waals surface area contributed by atoms with Crippen molar-refractivity contribution in [3.63, 3.8) is 0 Å². The molecule has 0 atom stereocenters. The fourth-order valence-electron chi connectivity index (χ4n) is 6.58. The molecular weight excluding hydrogens is 444 g/mol. The lowest BCUT2D eigenvalue weighted by atomic mass is 9.81. The molecule has 0 bridgehead atoms. The van der Waals surface area contributed by atoms with Gasteiger partial charge in [0, 0.05) is 12.1 Å². The van der Waals surface area contributed by atoms with Gasteiger partial charge in [0.25, 0.3) is 5.56 Å². The van der Waals surface area contributed by atoms with Gasteiger partial charge in [0.05, 0.1) is 27.0 Å². The Kier molecular flexibility index (Phi) is 5.36. The number of rotatable bonds is 2.